The van der Waals surface area contributed by atoms with Gasteiger partial charge in [-0.25, -0.2) is 13.8 Å². The lowest BCUT2D eigenvalue weighted by Crippen LogP contribution is -2.24. The maximum Gasteiger partial charge on any atom is 0.245 e. The molecule has 0 unspecified atom stereocenters. The van der Waals surface area contributed by atoms with Crippen LogP contribution in [0.3, 0.4) is 0 Å². The second kappa shape index (κ2) is 5.44. The highest BCUT2D eigenvalue weighted by molar-refractivity contribution is 5.60. The Balaban J connectivity index is 2.05. The lowest BCUT2D eigenvalue weighted by Gasteiger charge is -2.14. The number of rotatable bonds is 3. The number of aryl methyl sites for hydroxylation is 1. The summed E-state index contributed by atoms with van der Waals surface area (Å²) in [6, 6.07) is 12.7. The summed E-state index contributed by atoms with van der Waals surface area (Å²) in [7, 11) is 2.03. The van der Waals surface area contributed by atoms with Crippen molar-refractivity contribution < 1.29 is 4.57 Å². The van der Waals surface area contributed by atoms with E-state index in [0.29, 0.717) is 6.67 Å². The molecule has 22 heavy (non-hydrogen) atoms. The molecular weight excluding hydrogens is 272 g/mol. The van der Waals surface area contributed by atoms with E-state index in [1.807, 2.05) is 23.9 Å². The van der Waals surface area contributed by atoms with Gasteiger partial charge in [0, 0.05) is 5.41 Å². The highest BCUT2D eigenvalue weighted by Gasteiger charge is 2.21. The largest absolute Gasteiger partial charge is 0.245 e. The van der Waals surface area contributed by atoms with Gasteiger partial charge in [-0.05, 0) is 11.6 Å². The molecule has 1 aromatic carbocycles. The van der Waals surface area contributed by atoms with Crippen molar-refractivity contribution >= 4 is 0 Å². The molecule has 0 aliphatic carbocycles. The van der Waals surface area contributed by atoms with Crippen molar-refractivity contribution in [3.05, 3.63) is 60.8 Å². The Morgan fingerprint density at radius 2 is 1.86 bits per heavy atom. The summed E-state index contributed by atoms with van der Waals surface area (Å²) in [6.07, 6.45) is 6.16. The third kappa shape index (κ3) is 2.96. The van der Waals surface area contributed by atoms with Gasteiger partial charge >= 0.3 is 0 Å². The van der Waals surface area contributed by atoms with Crippen LogP contribution in [0.5, 0.6) is 0 Å². The van der Waals surface area contributed by atoms with Gasteiger partial charge in [-0.3, -0.25) is 0 Å². The van der Waals surface area contributed by atoms with E-state index in [9.17, 15) is 0 Å². The third-order valence-corrected chi connectivity index (χ3v) is 3.74. The molecule has 0 spiro atoms. The Bertz CT molecular complexity index is 760. The minimum Gasteiger partial charge on any atom is -0.239 e. The van der Waals surface area contributed by atoms with Crippen molar-refractivity contribution in [2.45, 2.75) is 32.9 Å². The molecule has 0 saturated heterocycles. The second-order valence-electron chi connectivity index (χ2n) is 6.77. The van der Waals surface area contributed by atoms with E-state index >= 15 is 0 Å². The number of aromatic nitrogens is 4. The van der Waals surface area contributed by atoms with E-state index in [-0.39, 0.29) is 5.41 Å². The summed E-state index contributed by atoms with van der Waals surface area (Å²) in [6.45, 7) is 7.31. The minimum absolute atomic E-state index is 0.0378. The molecule has 0 atom stereocenters. The average molecular weight is 295 g/mol. The Kier molecular flexibility index (Phi) is 3.61. The van der Waals surface area contributed by atoms with Crippen LogP contribution < -0.4 is 4.57 Å². The molecule has 0 N–H and O–H groups in total. The standard InChI is InChI=1S/C18H23N4/c1-18(2,3)17-12-16(15-8-6-5-7-9-15)22(19-17)14-21-11-10-20(4)13-21/h5-13H,14H2,1-4H3/q+1. The van der Waals surface area contributed by atoms with Crippen molar-refractivity contribution in [2.24, 2.45) is 7.05 Å². The lowest BCUT2D eigenvalue weighted by molar-refractivity contribution is -0.671. The molecule has 0 aliphatic rings. The first-order chi connectivity index (χ1) is 10.4. The first-order valence-electron chi connectivity index (χ1n) is 7.58. The average Bonchev–Trinajstić information content (AvgIpc) is 3.06. The van der Waals surface area contributed by atoms with Gasteiger partial charge in [-0.2, -0.15) is 5.10 Å². The van der Waals surface area contributed by atoms with Crippen molar-refractivity contribution in [2.75, 3.05) is 0 Å². The molecule has 0 amide bonds. The topological polar surface area (TPSA) is 26.6 Å². The van der Waals surface area contributed by atoms with E-state index in [1.165, 1.54) is 5.56 Å². The van der Waals surface area contributed by atoms with E-state index in [4.69, 9.17) is 5.10 Å². The molecule has 0 saturated carbocycles. The Hall–Kier alpha value is -2.36. The molecule has 0 radical (unpaired) electrons. The summed E-state index contributed by atoms with van der Waals surface area (Å²) in [5.41, 5.74) is 3.50. The Labute approximate surface area is 131 Å². The van der Waals surface area contributed by atoms with Crippen LogP contribution in [0, 0.1) is 0 Å². The number of benzene rings is 1. The van der Waals surface area contributed by atoms with Crippen LogP contribution >= 0.6 is 0 Å². The molecule has 2 aromatic heterocycles. The predicted molar refractivity (Wildman–Crippen MR) is 87.4 cm³/mol. The number of hydrogen-bond donors (Lipinski definition) is 0. The third-order valence-electron chi connectivity index (χ3n) is 3.74. The first-order valence-corrected chi connectivity index (χ1v) is 7.58. The van der Waals surface area contributed by atoms with Crippen LogP contribution in [0.25, 0.3) is 11.3 Å². The zero-order chi connectivity index (χ0) is 15.7. The van der Waals surface area contributed by atoms with Gasteiger partial charge in [-0.15, -0.1) is 0 Å². The summed E-state index contributed by atoms with van der Waals surface area (Å²) in [5, 5.41) is 4.85. The van der Waals surface area contributed by atoms with Crippen molar-refractivity contribution in [1.29, 1.82) is 0 Å². The number of nitrogens with zero attached hydrogens (tertiary/aromatic N) is 4. The fourth-order valence-corrected chi connectivity index (χ4v) is 2.47. The molecule has 114 valence electrons. The van der Waals surface area contributed by atoms with Crippen LogP contribution in [0.2, 0.25) is 0 Å². The van der Waals surface area contributed by atoms with Crippen molar-refractivity contribution in [3.63, 3.8) is 0 Å². The van der Waals surface area contributed by atoms with Gasteiger partial charge in [0.1, 0.15) is 12.4 Å². The predicted octanol–water partition coefficient (Wildman–Crippen LogP) is 2.98. The molecule has 0 fully saturated rings. The molecule has 3 aromatic rings. The van der Waals surface area contributed by atoms with Gasteiger partial charge in [0.15, 0.2) is 6.67 Å². The zero-order valence-corrected chi connectivity index (χ0v) is 13.7. The molecule has 0 bridgehead atoms. The van der Waals surface area contributed by atoms with Crippen molar-refractivity contribution in [3.8, 4) is 11.3 Å². The van der Waals surface area contributed by atoms with Gasteiger partial charge in [0.05, 0.1) is 18.4 Å². The van der Waals surface area contributed by atoms with E-state index in [0.717, 1.165) is 11.4 Å². The van der Waals surface area contributed by atoms with Gasteiger partial charge in [-0.1, -0.05) is 51.1 Å². The van der Waals surface area contributed by atoms with Crippen LogP contribution in [0.1, 0.15) is 26.5 Å². The highest BCUT2D eigenvalue weighted by Crippen LogP contribution is 2.27. The maximum atomic E-state index is 4.85. The summed E-state index contributed by atoms with van der Waals surface area (Å²) in [4.78, 5) is 0. The molecular formula is C18H23N4+. The number of hydrogen-bond acceptors (Lipinski definition) is 1. The quantitative estimate of drug-likeness (QED) is 0.682. The summed E-state index contributed by atoms with van der Waals surface area (Å²) in [5.74, 6) is 0. The fraction of sp³-hybridized carbons (Fsp3) is 0.333. The highest BCUT2D eigenvalue weighted by atomic mass is 15.4. The Morgan fingerprint density at radius 3 is 2.45 bits per heavy atom. The van der Waals surface area contributed by atoms with Crippen LogP contribution in [-0.2, 0) is 19.1 Å². The summed E-state index contributed by atoms with van der Waals surface area (Å²) >= 11 is 0. The summed E-state index contributed by atoms with van der Waals surface area (Å²) < 4.78 is 6.25. The van der Waals surface area contributed by atoms with E-state index in [1.54, 1.807) is 0 Å². The SMILES string of the molecule is C[n+]1ccn(Cn2nc(C(C)(C)C)cc2-c2ccccc2)c1. The molecule has 0 aliphatic heterocycles. The maximum absolute atomic E-state index is 4.85. The molecule has 3 rings (SSSR count). The normalized spacial score (nSPS) is 11.8. The zero-order valence-electron chi connectivity index (χ0n) is 13.7. The van der Waals surface area contributed by atoms with Gasteiger partial charge < -0.3 is 0 Å². The van der Waals surface area contributed by atoms with E-state index in [2.05, 4.69) is 72.9 Å². The van der Waals surface area contributed by atoms with E-state index < -0.39 is 0 Å². The van der Waals surface area contributed by atoms with Crippen molar-refractivity contribution in [1.82, 2.24) is 14.3 Å². The smallest absolute Gasteiger partial charge is 0.239 e. The second-order valence-corrected chi connectivity index (χ2v) is 6.77. The van der Waals surface area contributed by atoms with Crippen LogP contribution in [0.15, 0.2) is 55.1 Å². The molecule has 2 heterocycles. The van der Waals surface area contributed by atoms with Gasteiger partial charge in [0.25, 0.3) is 0 Å². The minimum atomic E-state index is 0.0378. The fourth-order valence-electron chi connectivity index (χ4n) is 2.47. The van der Waals surface area contributed by atoms with Crippen LogP contribution in [0.4, 0.5) is 0 Å². The first kappa shape index (κ1) is 14.6. The van der Waals surface area contributed by atoms with Crippen LogP contribution in [-0.4, -0.2) is 14.3 Å². The van der Waals surface area contributed by atoms with Gasteiger partial charge in [0.2, 0.25) is 6.33 Å². The lowest BCUT2D eigenvalue weighted by atomic mass is 9.92. The molecule has 4 heteroatoms. The molecule has 4 nitrogen and oxygen atoms in total. The Morgan fingerprint density at radius 1 is 1.14 bits per heavy atom. The monoisotopic (exact) mass is 295 g/mol. The number of imidazole rings is 1.